The zero-order valence-corrected chi connectivity index (χ0v) is 15.5. The highest BCUT2D eigenvalue weighted by Crippen LogP contribution is 2.32. The maximum absolute atomic E-state index is 12.8. The Hall–Kier alpha value is -2.17. The van der Waals surface area contributed by atoms with Gasteiger partial charge in [-0.2, -0.15) is 0 Å². The monoisotopic (exact) mass is 353 g/mol. The molecule has 1 atom stereocenters. The molecule has 0 saturated carbocycles. The van der Waals surface area contributed by atoms with Crippen LogP contribution in [0.15, 0.2) is 54.6 Å². The third-order valence-electron chi connectivity index (χ3n) is 5.07. The third-order valence-corrected chi connectivity index (χ3v) is 5.07. The van der Waals surface area contributed by atoms with Crippen LogP contribution in [0.25, 0.3) is 0 Å². The molecule has 4 nitrogen and oxygen atoms in total. The minimum Gasteiger partial charge on any atom is -0.390 e. The summed E-state index contributed by atoms with van der Waals surface area (Å²) in [5.41, 5.74) is 0.938. The summed E-state index contributed by atoms with van der Waals surface area (Å²) in [6.45, 7) is 4.46. The van der Waals surface area contributed by atoms with Crippen molar-refractivity contribution in [2.45, 2.75) is 44.3 Å². The fourth-order valence-electron chi connectivity index (χ4n) is 3.40. The highest BCUT2D eigenvalue weighted by Gasteiger charge is 2.39. The lowest BCUT2D eigenvalue weighted by Crippen LogP contribution is -2.34. The number of rotatable bonds is 5. The third kappa shape index (κ3) is 4.32. The molecule has 0 bridgehead atoms. The highest BCUT2D eigenvalue weighted by atomic mass is 16.3. The predicted molar refractivity (Wildman–Crippen MR) is 102 cm³/mol. The predicted octanol–water partition coefficient (Wildman–Crippen LogP) is 3.12. The van der Waals surface area contributed by atoms with Crippen molar-refractivity contribution in [2.75, 3.05) is 13.1 Å². The van der Waals surface area contributed by atoms with Crippen LogP contribution in [-0.2, 0) is 12.0 Å². The maximum atomic E-state index is 12.8. The van der Waals surface area contributed by atoms with Crippen LogP contribution in [0, 0.1) is 0 Å². The van der Waals surface area contributed by atoms with Crippen LogP contribution in [-0.4, -0.2) is 39.7 Å². The van der Waals surface area contributed by atoms with E-state index in [1.54, 1.807) is 18.7 Å². The largest absolute Gasteiger partial charge is 0.390 e. The van der Waals surface area contributed by atoms with E-state index in [4.69, 9.17) is 0 Å². The van der Waals surface area contributed by atoms with Crippen LogP contribution in [0.2, 0.25) is 0 Å². The van der Waals surface area contributed by atoms with Gasteiger partial charge in [-0.1, -0.05) is 42.5 Å². The van der Waals surface area contributed by atoms with Gasteiger partial charge in [-0.3, -0.25) is 4.79 Å². The van der Waals surface area contributed by atoms with E-state index in [0.29, 0.717) is 31.5 Å². The highest BCUT2D eigenvalue weighted by molar-refractivity contribution is 5.94. The summed E-state index contributed by atoms with van der Waals surface area (Å²) in [6.07, 6.45) is 2.00. The van der Waals surface area contributed by atoms with Gasteiger partial charge in [0.05, 0.1) is 12.1 Å². The summed E-state index contributed by atoms with van der Waals surface area (Å²) in [5, 5.41) is 20.7. The molecule has 0 spiro atoms. The van der Waals surface area contributed by atoms with Gasteiger partial charge in [0.15, 0.2) is 0 Å². The van der Waals surface area contributed by atoms with E-state index in [0.717, 1.165) is 17.5 Å². The van der Waals surface area contributed by atoms with Gasteiger partial charge in [-0.25, -0.2) is 0 Å². The lowest BCUT2D eigenvalue weighted by Gasteiger charge is -2.24. The van der Waals surface area contributed by atoms with E-state index >= 15 is 0 Å². The van der Waals surface area contributed by atoms with Crippen molar-refractivity contribution in [1.29, 1.82) is 0 Å². The Morgan fingerprint density at radius 1 is 1.12 bits per heavy atom. The quantitative estimate of drug-likeness (QED) is 0.868. The molecular weight excluding hydrogens is 326 g/mol. The van der Waals surface area contributed by atoms with Gasteiger partial charge < -0.3 is 15.1 Å². The van der Waals surface area contributed by atoms with Gasteiger partial charge in [0.2, 0.25) is 0 Å². The van der Waals surface area contributed by atoms with Gasteiger partial charge in [0.25, 0.3) is 5.91 Å². The number of hydrogen-bond acceptors (Lipinski definition) is 3. The van der Waals surface area contributed by atoms with E-state index in [2.05, 4.69) is 0 Å². The molecular formula is C22H27NO3. The number of aryl methyl sites for hydroxylation is 1. The fraction of sp³-hybridized carbons (Fsp3) is 0.409. The van der Waals surface area contributed by atoms with Crippen LogP contribution in [0.5, 0.6) is 0 Å². The molecule has 0 aliphatic carbocycles. The van der Waals surface area contributed by atoms with Crippen molar-refractivity contribution in [2.24, 2.45) is 0 Å². The lowest BCUT2D eigenvalue weighted by atomic mass is 9.93. The number of benzene rings is 2. The van der Waals surface area contributed by atoms with Crippen LogP contribution in [0.1, 0.15) is 48.2 Å². The van der Waals surface area contributed by atoms with Crippen molar-refractivity contribution in [3.05, 3.63) is 71.3 Å². The van der Waals surface area contributed by atoms with Crippen molar-refractivity contribution in [1.82, 2.24) is 4.90 Å². The summed E-state index contributed by atoms with van der Waals surface area (Å²) >= 11 is 0. The average Bonchev–Trinajstić information content (AvgIpc) is 3.04. The Morgan fingerprint density at radius 2 is 1.77 bits per heavy atom. The van der Waals surface area contributed by atoms with E-state index in [9.17, 15) is 15.0 Å². The maximum Gasteiger partial charge on any atom is 0.253 e. The molecule has 1 heterocycles. The minimum absolute atomic E-state index is 0.0501. The number of amides is 1. The molecule has 26 heavy (non-hydrogen) atoms. The second-order valence-electron chi connectivity index (χ2n) is 7.88. The zero-order chi connectivity index (χ0) is 18.8. The summed E-state index contributed by atoms with van der Waals surface area (Å²) in [7, 11) is 0. The van der Waals surface area contributed by atoms with Gasteiger partial charge in [0, 0.05) is 12.1 Å². The molecule has 3 rings (SSSR count). The van der Waals surface area contributed by atoms with Crippen molar-refractivity contribution in [3.8, 4) is 0 Å². The Kier molecular flexibility index (Phi) is 5.17. The smallest absolute Gasteiger partial charge is 0.253 e. The van der Waals surface area contributed by atoms with Crippen LogP contribution in [0.3, 0.4) is 0 Å². The van der Waals surface area contributed by atoms with Crippen molar-refractivity contribution >= 4 is 5.91 Å². The molecule has 1 aliphatic rings. The molecule has 2 aromatic carbocycles. The van der Waals surface area contributed by atoms with Crippen LogP contribution >= 0.6 is 0 Å². The molecule has 1 amide bonds. The molecule has 0 aromatic heterocycles. The number of β-amino-alcohol motifs (C(OH)–C–C–N with tert-alkyl or cyclic N) is 1. The second kappa shape index (κ2) is 7.22. The van der Waals surface area contributed by atoms with E-state index in [1.807, 2.05) is 54.6 Å². The number of carbonyl (C=O) groups is 1. The Morgan fingerprint density at radius 3 is 2.38 bits per heavy atom. The van der Waals surface area contributed by atoms with Crippen LogP contribution in [0.4, 0.5) is 0 Å². The lowest BCUT2D eigenvalue weighted by molar-refractivity contribution is 0.0417. The summed E-state index contributed by atoms with van der Waals surface area (Å²) in [6, 6.07) is 17.1. The first kappa shape index (κ1) is 18.6. The van der Waals surface area contributed by atoms with Gasteiger partial charge in [-0.05, 0) is 56.4 Å². The average molecular weight is 353 g/mol. The normalized spacial score (nSPS) is 20.4. The molecule has 1 saturated heterocycles. The Bertz CT molecular complexity index is 749. The molecule has 1 unspecified atom stereocenters. The fourth-order valence-corrected chi connectivity index (χ4v) is 3.40. The van der Waals surface area contributed by atoms with E-state index < -0.39 is 11.2 Å². The molecule has 1 fully saturated rings. The second-order valence-corrected chi connectivity index (χ2v) is 7.88. The number of nitrogens with zero attached hydrogens (tertiary/aromatic N) is 1. The zero-order valence-electron chi connectivity index (χ0n) is 15.5. The summed E-state index contributed by atoms with van der Waals surface area (Å²) < 4.78 is 0. The summed E-state index contributed by atoms with van der Waals surface area (Å²) in [4.78, 5) is 14.5. The Balaban J connectivity index is 1.65. The minimum atomic E-state index is -0.969. The van der Waals surface area contributed by atoms with Gasteiger partial charge in [-0.15, -0.1) is 0 Å². The van der Waals surface area contributed by atoms with Gasteiger partial charge in [0.1, 0.15) is 5.60 Å². The molecule has 4 heteroatoms. The number of likely N-dealkylation sites (tertiary alicyclic amines) is 1. The first-order chi connectivity index (χ1) is 12.3. The molecule has 2 N–H and O–H groups in total. The van der Waals surface area contributed by atoms with Crippen molar-refractivity contribution < 1.29 is 15.0 Å². The van der Waals surface area contributed by atoms with E-state index in [-0.39, 0.29) is 5.91 Å². The summed E-state index contributed by atoms with van der Waals surface area (Å²) in [5.74, 6) is -0.0501. The first-order valence-corrected chi connectivity index (χ1v) is 9.15. The van der Waals surface area contributed by atoms with E-state index in [1.165, 1.54) is 0 Å². The molecule has 2 aromatic rings. The SMILES string of the molecule is CC(C)(O)CCc1ccc(C(=O)N2CCC(O)(c3ccccc3)C2)cc1. The Labute approximate surface area is 155 Å². The topological polar surface area (TPSA) is 60.8 Å². The molecule has 0 radical (unpaired) electrons. The number of aliphatic hydroxyl groups is 2. The number of hydrogen-bond donors (Lipinski definition) is 2. The van der Waals surface area contributed by atoms with Gasteiger partial charge >= 0.3 is 0 Å². The van der Waals surface area contributed by atoms with Crippen LogP contribution < -0.4 is 0 Å². The number of carbonyl (C=O) groups excluding carboxylic acids is 1. The standard InChI is InChI=1S/C22H27NO3/c1-21(2,25)13-12-17-8-10-18(11-9-17)20(24)23-15-14-22(26,16-23)19-6-4-3-5-7-19/h3-11,25-26H,12-16H2,1-2H3. The first-order valence-electron chi connectivity index (χ1n) is 9.15. The molecule has 1 aliphatic heterocycles. The van der Waals surface area contributed by atoms with Crippen molar-refractivity contribution in [3.63, 3.8) is 0 Å². The molecule has 138 valence electrons.